The highest BCUT2D eigenvalue weighted by atomic mass is 32.1. The van der Waals surface area contributed by atoms with E-state index in [4.69, 9.17) is 4.74 Å². The van der Waals surface area contributed by atoms with Crippen LogP contribution in [0.3, 0.4) is 0 Å². The summed E-state index contributed by atoms with van der Waals surface area (Å²) in [6.07, 6.45) is 4.94. The number of hydrogen-bond donors (Lipinski definition) is 1. The lowest BCUT2D eigenvalue weighted by Crippen LogP contribution is -2.21. The standard InChI is InChI=1S/C14H25N3OS/c1-10(2)9-15-8-4-5-13-16-17-14(19-13)12-7-6-11(3)18-12/h10-12,15H,4-9H2,1-3H3. The Morgan fingerprint density at radius 3 is 2.89 bits per heavy atom. The maximum Gasteiger partial charge on any atom is 0.146 e. The van der Waals surface area contributed by atoms with Gasteiger partial charge in [0.15, 0.2) is 0 Å². The summed E-state index contributed by atoms with van der Waals surface area (Å²) in [4.78, 5) is 0. The molecule has 1 aliphatic rings. The first-order chi connectivity index (χ1) is 9.15. The Bertz CT molecular complexity index is 381. The molecule has 0 aromatic carbocycles. The minimum atomic E-state index is 0.195. The van der Waals surface area contributed by atoms with E-state index in [2.05, 4.69) is 36.3 Å². The van der Waals surface area contributed by atoms with E-state index in [1.54, 1.807) is 11.3 Å². The molecule has 4 nitrogen and oxygen atoms in total. The van der Waals surface area contributed by atoms with Crippen LogP contribution in [-0.4, -0.2) is 29.4 Å². The molecule has 2 unspecified atom stereocenters. The predicted octanol–water partition coefficient (Wildman–Crippen LogP) is 2.96. The second-order valence-corrected chi connectivity index (χ2v) is 6.84. The topological polar surface area (TPSA) is 47.0 Å². The van der Waals surface area contributed by atoms with E-state index in [1.165, 1.54) is 0 Å². The Balaban J connectivity index is 1.69. The van der Waals surface area contributed by atoms with Gasteiger partial charge in [-0.25, -0.2) is 0 Å². The highest BCUT2D eigenvalue weighted by molar-refractivity contribution is 7.11. The van der Waals surface area contributed by atoms with Crippen molar-refractivity contribution in [2.75, 3.05) is 13.1 Å². The van der Waals surface area contributed by atoms with Gasteiger partial charge in [-0.3, -0.25) is 0 Å². The summed E-state index contributed by atoms with van der Waals surface area (Å²) >= 11 is 1.72. The van der Waals surface area contributed by atoms with Crippen molar-refractivity contribution in [2.24, 2.45) is 5.92 Å². The van der Waals surface area contributed by atoms with Crippen LogP contribution in [-0.2, 0) is 11.2 Å². The fourth-order valence-electron chi connectivity index (χ4n) is 2.24. The fourth-order valence-corrected chi connectivity index (χ4v) is 3.19. The zero-order valence-corrected chi connectivity index (χ0v) is 13.0. The Morgan fingerprint density at radius 2 is 2.21 bits per heavy atom. The van der Waals surface area contributed by atoms with Crippen LogP contribution >= 0.6 is 11.3 Å². The van der Waals surface area contributed by atoms with E-state index >= 15 is 0 Å². The van der Waals surface area contributed by atoms with Gasteiger partial charge >= 0.3 is 0 Å². The van der Waals surface area contributed by atoms with Gasteiger partial charge in [-0.1, -0.05) is 25.2 Å². The number of nitrogens with one attached hydrogen (secondary N) is 1. The molecular formula is C14H25N3OS. The molecule has 1 N–H and O–H groups in total. The van der Waals surface area contributed by atoms with Crippen LogP contribution in [0, 0.1) is 5.92 Å². The summed E-state index contributed by atoms with van der Waals surface area (Å²) in [5, 5.41) is 14.2. The largest absolute Gasteiger partial charge is 0.368 e. The molecule has 5 heteroatoms. The first-order valence-corrected chi connectivity index (χ1v) is 8.15. The molecule has 108 valence electrons. The highest BCUT2D eigenvalue weighted by Crippen LogP contribution is 2.33. The average molecular weight is 283 g/mol. The van der Waals surface area contributed by atoms with E-state index < -0.39 is 0 Å². The van der Waals surface area contributed by atoms with E-state index in [0.29, 0.717) is 6.10 Å². The molecule has 2 heterocycles. The molecule has 0 bridgehead atoms. The van der Waals surface area contributed by atoms with Gasteiger partial charge in [0.25, 0.3) is 0 Å². The predicted molar refractivity (Wildman–Crippen MR) is 78.5 cm³/mol. The average Bonchev–Trinajstić information content (AvgIpc) is 2.97. The number of ether oxygens (including phenoxy) is 1. The second-order valence-electron chi connectivity index (χ2n) is 5.75. The number of aromatic nitrogens is 2. The van der Waals surface area contributed by atoms with Gasteiger partial charge in [-0.15, -0.1) is 10.2 Å². The van der Waals surface area contributed by atoms with Crippen molar-refractivity contribution < 1.29 is 4.74 Å². The maximum atomic E-state index is 5.83. The number of nitrogens with zero attached hydrogens (tertiary/aromatic N) is 2. The highest BCUT2D eigenvalue weighted by Gasteiger charge is 2.26. The summed E-state index contributed by atoms with van der Waals surface area (Å²) in [5.74, 6) is 0.717. The molecule has 1 fully saturated rings. The van der Waals surface area contributed by atoms with Gasteiger partial charge in [0, 0.05) is 6.42 Å². The number of aryl methyl sites for hydroxylation is 1. The molecule has 0 amide bonds. The number of rotatable bonds is 7. The molecule has 1 saturated heterocycles. The molecule has 19 heavy (non-hydrogen) atoms. The van der Waals surface area contributed by atoms with E-state index in [1.807, 2.05) is 0 Å². The Labute approximate surface area is 120 Å². The summed E-state index contributed by atoms with van der Waals surface area (Å²) in [6.45, 7) is 8.74. The minimum absolute atomic E-state index is 0.195. The summed E-state index contributed by atoms with van der Waals surface area (Å²) in [7, 11) is 0. The Kier molecular flexibility index (Phi) is 5.73. The van der Waals surface area contributed by atoms with Crippen molar-refractivity contribution in [1.29, 1.82) is 0 Å². The molecule has 1 aromatic heterocycles. The van der Waals surface area contributed by atoms with Gasteiger partial charge < -0.3 is 10.1 Å². The van der Waals surface area contributed by atoms with Gasteiger partial charge in [-0.05, 0) is 45.2 Å². The summed E-state index contributed by atoms with van der Waals surface area (Å²) in [5.41, 5.74) is 0. The molecule has 1 aromatic rings. The van der Waals surface area contributed by atoms with Crippen molar-refractivity contribution in [3.63, 3.8) is 0 Å². The lowest BCUT2D eigenvalue weighted by molar-refractivity contribution is 0.0550. The Morgan fingerprint density at radius 1 is 1.37 bits per heavy atom. The SMILES string of the molecule is CC(C)CNCCCc1nnc(C2CCC(C)O2)s1. The van der Waals surface area contributed by atoms with Crippen LogP contribution in [0.25, 0.3) is 0 Å². The molecule has 0 aliphatic carbocycles. The zero-order chi connectivity index (χ0) is 13.7. The van der Waals surface area contributed by atoms with Crippen LogP contribution in [0.1, 0.15) is 56.2 Å². The van der Waals surface area contributed by atoms with Crippen LogP contribution in [0.5, 0.6) is 0 Å². The van der Waals surface area contributed by atoms with Crippen LogP contribution < -0.4 is 5.32 Å². The summed E-state index contributed by atoms with van der Waals surface area (Å²) < 4.78 is 5.83. The monoisotopic (exact) mass is 283 g/mol. The third-order valence-electron chi connectivity index (χ3n) is 3.29. The molecule has 0 radical (unpaired) electrons. The first-order valence-electron chi connectivity index (χ1n) is 7.33. The van der Waals surface area contributed by atoms with Crippen LogP contribution in [0.2, 0.25) is 0 Å². The molecule has 0 spiro atoms. The fraction of sp³-hybridized carbons (Fsp3) is 0.857. The van der Waals surface area contributed by atoms with Crippen molar-refractivity contribution in [3.05, 3.63) is 10.0 Å². The molecular weight excluding hydrogens is 258 g/mol. The van der Waals surface area contributed by atoms with E-state index in [-0.39, 0.29) is 6.10 Å². The van der Waals surface area contributed by atoms with Crippen LogP contribution in [0.15, 0.2) is 0 Å². The first kappa shape index (κ1) is 14.9. The van der Waals surface area contributed by atoms with E-state index in [9.17, 15) is 0 Å². The third kappa shape index (κ3) is 4.82. The smallest absolute Gasteiger partial charge is 0.146 e. The van der Waals surface area contributed by atoms with E-state index in [0.717, 1.165) is 54.7 Å². The number of hydrogen-bond acceptors (Lipinski definition) is 5. The molecule has 2 rings (SSSR count). The van der Waals surface area contributed by atoms with Crippen molar-refractivity contribution in [2.45, 2.75) is 58.7 Å². The van der Waals surface area contributed by atoms with Gasteiger partial charge in [0.1, 0.15) is 16.1 Å². The van der Waals surface area contributed by atoms with Gasteiger partial charge in [-0.2, -0.15) is 0 Å². The molecule has 2 atom stereocenters. The zero-order valence-electron chi connectivity index (χ0n) is 12.2. The second kappa shape index (κ2) is 7.31. The lowest BCUT2D eigenvalue weighted by atomic mass is 10.2. The normalized spacial score (nSPS) is 23.4. The van der Waals surface area contributed by atoms with Gasteiger partial charge in [0.2, 0.25) is 0 Å². The van der Waals surface area contributed by atoms with Crippen molar-refractivity contribution in [3.8, 4) is 0 Å². The van der Waals surface area contributed by atoms with Crippen LogP contribution in [0.4, 0.5) is 0 Å². The minimum Gasteiger partial charge on any atom is -0.368 e. The molecule has 1 aliphatic heterocycles. The van der Waals surface area contributed by atoms with Gasteiger partial charge in [0.05, 0.1) is 6.10 Å². The lowest BCUT2D eigenvalue weighted by Gasteiger charge is -2.06. The maximum absolute atomic E-state index is 5.83. The molecule has 0 saturated carbocycles. The van der Waals surface area contributed by atoms with Crippen molar-refractivity contribution in [1.82, 2.24) is 15.5 Å². The summed E-state index contributed by atoms with van der Waals surface area (Å²) in [6, 6.07) is 0. The van der Waals surface area contributed by atoms with Crippen molar-refractivity contribution >= 4 is 11.3 Å². The Hall–Kier alpha value is -0.520. The quantitative estimate of drug-likeness (QED) is 0.782. The third-order valence-corrected chi connectivity index (χ3v) is 4.36.